The molecule has 0 unspecified atom stereocenters. The van der Waals surface area contributed by atoms with E-state index in [0.717, 1.165) is 17.1 Å². The van der Waals surface area contributed by atoms with Gasteiger partial charge in [0.25, 0.3) is 5.91 Å². The molecule has 25 heavy (non-hydrogen) atoms. The van der Waals surface area contributed by atoms with Gasteiger partial charge in [0.05, 0.1) is 11.4 Å². The van der Waals surface area contributed by atoms with E-state index in [1.54, 1.807) is 11.8 Å². The van der Waals surface area contributed by atoms with Crippen LogP contribution in [0.25, 0.3) is 5.69 Å². The van der Waals surface area contributed by atoms with Gasteiger partial charge in [-0.3, -0.25) is 4.79 Å². The van der Waals surface area contributed by atoms with Gasteiger partial charge in [-0.1, -0.05) is 5.16 Å². The van der Waals surface area contributed by atoms with Crippen molar-refractivity contribution in [2.45, 2.75) is 34.2 Å². The van der Waals surface area contributed by atoms with Gasteiger partial charge in [-0.25, -0.2) is 4.68 Å². The lowest BCUT2D eigenvalue weighted by Gasteiger charge is -2.19. The van der Waals surface area contributed by atoms with Crippen molar-refractivity contribution in [1.82, 2.24) is 24.8 Å². The molecule has 0 radical (unpaired) electrons. The van der Waals surface area contributed by atoms with Crippen molar-refractivity contribution in [3.05, 3.63) is 59.0 Å². The largest absolute Gasteiger partial charge is 0.337 e. The van der Waals surface area contributed by atoms with Gasteiger partial charge in [-0.15, -0.1) is 0 Å². The van der Waals surface area contributed by atoms with Gasteiger partial charge in [0, 0.05) is 17.8 Å². The summed E-state index contributed by atoms with van der Waals surface area (Å²) in [5.74, 6) is 0.929. The van der Waals surface area contributed by atoms with Crippen LogP contribution in [0.3, 0.4) is 0 Å². The molecule has 7 nitrogen and oxygen atoms in total. The summed E-state index contributed by atoms with van der Waals surface area (Å²) in [6.45, 7) is 8.49. The normalized spacial score (nSPS) is 10.9. The Balaban J connectivity index is 1.78. The number of aromatic nitrogens is 4. The molecule has 2 heterocycles. The van der Waals surface area contributed by atoms with Crippen molar-refractivity contribution in [1.29, 1.82) is 0 Å². The molecule has 0 aliphatic rings. The van der Waals surface area contributed by atoms with Crippen LogP contribution < -0.4 is 0 Å². The maximum atomic E-state index is 12.7. The first-order valence-electron chi connectivity index (χ1n) is 8.20. The van der Waals surface area contributed by atoms with Crippen LogP contribution in [0.15, 0.2) is 34.9 Å². The number of hydrogen-bond donors (Lipinski definition) is 0. The Hall–Kier alpha value is -2.96. The molecule has 0 atom stereocenters. The highest BCUT2D eigenvalue weighted by Crippen LogP contribution is 2.15. The highest BCUT2D eigenvalue weighted by molar-refractivity contribution is 5.94. The summed E-state index contributed by atoms with van der Waals surface area (Å²) < 4.78 is 6.97. The molecule has 0 N–H and O–H groups in total. The van der Waals surface area contributed by atoms with Gasteiger partial charge in [-0.2, -0.15) is 10.1 Å². The zero-order valence-corrected chi connectivity index (χ0v) is 14.9. The average Bonchev–Trinajstić information content (AvgIpc) is 3.16. The lowest BCUT2D eigenvalue weighted by atomic mass is 10.1. The maximum Gasteiger partial charge on any atom is 0.254 e. The summed E-state index contributed by atoms with van der Waals surface area (Å²) >= 11 is 0. The van der Waals surface area contributed by atoms with Crippen LogP contribution in [0.1, 0.15) is 40.4 Å². The molecule has 2 aromatic heterocycles. The first kappa shape index (κ1) is 16.9. The molecule has 1 aromatic carbocycles. The van der Waals surface area contributed by atoms with Crippen LogP contribution in [0.4, 0.5) is 0 Å². The number of benzene rings is 1. The van der Waals surface area contributed by atoms with Crippen molar-refractivity contribution in [2.75, 3.05) is 6.54 Å². The second-order valence-corrected chi connectivity index (χ2v) is 5.94. The first-order chi connectivity index (χ1) is 12.0. The van der Waals surface area contributed by atoms with E-state index in [1.807, 2.05) is 55.8 Å². The van der Waals surface area contributed by atoms with Crippen LogP contribution in [0.2, 0.25) is 0 Å². The molecule has 0 spiro atoms. The Kier molecular flexibility index (Phi) is 4.65. The van der Waals surface area contributed by atoms with Gasteiger partial charge in [0.2, 0.25) is 5.89 Å². The molecule has 7 heteroatoms. The van der Waals surface area contributed by atoms with Crippen molar-refractivity contribution in [2.24, 2.45) is 0 Å². The van der Waals surface area contributed by atoms with E-state index in [1.165, 1.54) is 0 Å². The number of hydrogen-bond acceptors (Lipinski definition) is 5. The van der Waals surface area contributed by atoms with Crippen LogP contribution in [0, 0.1) is 20.8 Å². The van der Waals surface area contributed by atoms with E-state index in [-0.39, 0.29) is 5.91 Å². The fraction of sp³-hybridized carbons (Fsp3) is 0.333. The minimum Gasteiger partial charge on any atom is -0.337 e. The van der Waals surface area contributed by atoms with Gasteiger partial charge < -0.3 is 9.42 Å². The second kappa shape index (κ2) is 6.88. The number of rotatable bonds is 5. The number of aryl methyl sites for hydroxylation is 3. The number of carbonyl (C=O) groups is 1. The third-order valence-electron chi connectivity index (χ3n) is 3.93. The Bertz CT molecular complexity index is 879. The van der Waals surface area contributed by atoms with E-state index in [9.17, 15) is 4.79 Å². The van der Waals surface area contributed by atoms with Gasteiger partial charge in [0.15, 0.2) is 5.82 Å². The van der Waals surface area contributed by atoms with E-state index in [0.29, 0.717) is 30.4 Å². The van der Waals surface area contributed by atoms with Crippen molar-refractivity contribution in [3.8, 4) is 5.69 Å². The molecule has 3 aromatic rings. The molecular formula is C18H21N5O2. The van der Waals surface area contributed by atoms with Gasteiger partial charge in [-0.05, 0) is 58.0 Å². The molecule has 0 bridgehead atoms. The average molecular weight is 339 g/mol. The minimum absolute atomic E-state index is 0.0710. The van der Waals surface area contributed by atoms with Gasteiger partial charge >= 0.3 is 0 Å². The Morgan fingerprint density at radius 2 is 1.92 bits per heavy atom. The van der Waals surface area contributed by atoms with Crippen LogP contribution in [-0.2, 0) is 6.54 Å². The molecule has 0 saturated heterocycles. The fourth-order valence-electron chi connectivity index (χ4n) is 2.71. The molecular weight excluding hydrogens is 318 g/mol. The van der Waals surface area contributed by atoms with Gasteiger partial charge in [0.1, 0.15) is 6.54 Å². The van der Waals surface area contributed by atoms with Crippen LogP contribution in [-0.4, -0.2) is 37.3 Å². The Labute approximate surface area is 146 Å². The molecule has 1 amide bonds. The number of nitrogens with zero attached hydrogens (tertiary/aromatic N) is 5. The Morgan fingerprint density at radius 3 is 2.44 bits per heavy atom. The summed E-state index contributed by atoms with van der Waals surface area (Å²) in [4.78, 5) is 18.5. The highest BCUT2D eigenvalue weighted by atomic mass is 16.5. The van der Waals surface area contributed by atoms with E-state index < -0.39 is 0 Å². The number of amides is 1. The molecule has 130 valence electrons. The van der Waals surface area contributed by atoms with Crippen LogP contribution >= 0.6 is 0 Å². The topological polar surface area (TPSA) is 77.0 Å². The van der Waals surface area contributed by atoms with Crippen molar-refractivity contribution < 1.29 is 9.32 Å². The molecule has 0 saturated carbocycles. The van der Waals surface area contributed by atoms with Crippen molar-refractivity contribution >= 4 is 5.91 Å². The SMILES string of the molecule is CCN(Cc1nc(C)no1)C(=O)c1ccc(-n2nc(C)cc2C)cc1. The summed E-state index contributed by atoms with van der Waals surface area (Å²) in [6.07, 6.45) is 0. The zero-order chi connectivity index (χ0) is 18.0. The first-order valence-corrected chi connectivity index (χ1v) is 8.20. The van der Waals surface area contributed by atoms with E-state index >= 15 is 0 Å². The second-order valence-electron chi connectivity index (χ2n) is 5.94. The molecule has 0 fully saturated rings. The predicted molar refractivity (Wildman–Crippen MR) is 92.5 cm³/mol. The van der Waals surface area contributed by atoms with Crippen LogP contribution in [0.5, 0.6) is 0 Å². The fourth-order valence-corrected chi connectivity index (χ4v) is 2.71. The third kappa shape index (κ3) is 3.60. The maximum absolute atomic E-state index is 12.7. The molecule has 3 rings (SSSR count). The monoisotopic (exact) mass is 339 g/mol. The predicted octanol–water partition coefficient (Wildman–Crippen LogP) is 2.84. The zero-order valence-electron chi connectivity index (χ0n) is 14.9. The molecule has 0 aliphatic carbocycles. The lowest BCUT2D eigenvalue weighted by molar-refractivity contribution is 0.0734. The lowest BCUT2D eigenvalue weighted by Crippen LogP contribution is -2.30. The molecule has 0 aliphatic heterocycles. The number of carbonyl (C=O) groups excluding carboxylic acids is 1. The summed E-state index contributed by atoms with van der Waals surface area (Å²) in [6, 6.07) is 9.45. The summed E-state index contributed by atoms with van der Waals surface area (Å²) in [5, 5.41) is 8.22. The standard InChI is InChI=1S/C18H21N5O2/c1-5-22(11-17-19-14(4)21-25-17)18(24)15-6-8-16(9-7-15)23-13(3)10-12(2)20-23/h6-10H,5,11H2,1-4H3. The smallest absolute Gasteiger partial charge is 0.254 e. The van der Waals surface area contributed by atoms with E-state index in [4.69, 9.17) is 4.52 Å². The summed E-state index contributed by atoms with van der Waals surface area (Å²) in [7, 11) is 0. The minimum atomic E-state index is -0.0710. The quantitative estimate of drug-likeness (QED) is 0.714. The van der Waals surface area contributed by atoms with E-state index in [2.05, 4.69) is 15.2 Å². The highest BCUT2D eigenvalue weighted by Gasteiger charge is 2.17. The van der Waals surface area contributed by atoms with Crippen molar-refractivity contribution in [3.63, 3.8) is 0 Å². The third-order valence-corrected chi connectivity index (χ3v) is 3.93. The summed E-state index contributed by atoms with van der Waals surface area (Å²) in [5.41, 5.74) is 3.56. The Morgan fingerprint density at radius 1 is 1.20 bits per heavy atom.